The summed E-state index contributed by atoms with van der Waals surface area (Å²) in [5.74, 6) is -3.70. The minimum atomic E-state index is -5.08. The van der Waals surface area contributed by atoms with Crippen molar-refractivity contribution in [2.24, 2.45) is 17.6 Å². The Balaban J connectivity index is 0.000000815. The molecule has 2 heterocycles. The average molecular weight is 741 g/mol. The van der Waals surface area contributed by atoms with Crippen LogP contribution in [0.15, 0.2) is 65.6 Å². The van der Waals surface area contributed by atoms with E-state index in [1.54, 1.807) is 24.4 Å². The number of anilines is 1. The molecule has 6 N–H and O–H groups in total. The summed E-state index contributed by atoms with van der Waals surface area (Å²) in [5, 5.41) is 15.8. The molecule has 1 atom stereocenters. The van der Waals surface area contributed by atoms with Crippen LogP contribution in [0.4, 0.5) is 23.7 Å². The lowest BCUT2D eigenvalue weighted by Crippen LogP contribution is -2.52. The number of carbonyl (C=O) groups is 4. The van der Waals surface area contributed by atoms with Crippen LogP contribution in [0.3, 0.4) is 0 Å². The Morgan fingerprint density at radius 1 is 1.02 bits per heavy atom. The van der Waals surface area contributed by atoms with E-state index < -0.39 is 35.8 Å². The number of hydrogen-bond acceptors (Lipinski definition) is 7. The van der Waals surface area contributed by atoms with Gasteiger partial charge in [-0.15, -0.1) is 0 Å². The predicted octanol–water partition coefficient (Wildman–Crippen LogP) is 5.62. The molecule has 13 nitrogen and oxygen atoms in total. The number of H-pyrrole nitrogens is 2. The number of carboxylic acids is 1. The van der Waals surface area contributed by atoms with Gasteiger partial charge in [-0.25, -0.2) is 9.59 Å². The maximum atomic E-state index is 14.3. The van der Waals surface area contributed by atoms with Gasteiger partial charge in [0.05, 0.1) is 10.9 Å². The molecule has 1 fully saturated rings. The first-order valence-electron chi connectivity index (χ1n) is 16.9. The van der Waals surface area contributed by atoms with Gasteiger partial charge < -0.3 is 20.9 Å². The second kappa shape index (κ2) is 16.8. The lowest BCUT2D eigenvalue weighted by molar-refractivity contribution is -0.192. The number of primary amides is 1. The molecule has 0 bridgehead atoms. The van der Waals surface area contributed by atoms with E-state index in [0.717, 1.165) is 35.2 Å². The number of alkyl carbamates (subject to hydrolysis) is 1. The number of ether oxygens (including phenoxy) is 1. The molecule has 0 spiro atoms. The standard InChI is InChI=1S/C35H42N6O5.C2HF3O2/c1-21-27(6-5-17-37-21)24-11-7-22(8-12-24)18-30(31(36)42)41(26-15-16-28-29(19-26)39-40-32(28)43)33(44)25-13-9-23(10-14-25)20-38-34(45)46-35(2,3)4;3-2(4,5)1(6)7/h5-8,11-12,15-17,19,23,25,30H,9-10,13-14,18,20H2,1-4H3,(H2,36,42)(H,38,45)(H2,39,40,43);(H,6,7)/t23-,25-,30-;/m0./s1. The highest BCUT2D eigenvalue weighted by Crippen LogP contribution is 2.33. The first kappa shape index (κ1) is 40.1. The quantitative estimate of drug-likeness (QED) is 0.146. The van der Waals surface area contributed by atoms with Gasteiger partial charge in [-0.2, -0.15) is 13.2 Å². The van der Waals surface area contributed by atoms with E-state index in [4.69, 9.17) is 20.4 Å². The van der Waals surface area contributed by atoms with E-state index in [0.29, 0.717) is 36.0 Å². The molecule has 2 aromatic heterocycles. The number of aryl methyl sites for hydroxylation is 1. The van der Waals surface area contributed by atoms with Crippen LogP contribution in [0.25, 0.3) is 22.0 Å². The van der Waals surface area contributed by atoms with Crippen molar-refractivity contribution < 1.29 is 42.2 Å². The summed E-state index contributed by atoms with van der Waals surface area (Å²) in [6.45, 7) is 7.87. The second-order valence-corrected chi connectivity index (χ2v) is 13.9. The van der Waals surface area contributed by atoms with Crippen LogP contribution >= 0.6 is 0 Å². The maximum absolute atomic E-state index is 14.3. The van der Waals surface area contributed by atoms with Crippen molar-refractivity contribution in [3.8, 4) is 11.1 Å². The minimum absolute atomic E-state index is 0.192. The number of nitrogens with two attached hydrogens (primary N) is 1. The van der Waals surface area contributed by atoms with E-state index in [1.165, 1.54) is 4.90 Å². The smallest absolute Gasteiger partial charge is 0.475 e. The van der Waals surface area contributed by atoms with Crippen molar-refractivity contribution in [1.29, 1.82) is 0 Å². The van der Waals surface area contributed by atoms with Crippen molar-refractivity contribution in [2.45, 2.75) is 77.6 Å². The summed E-state index contributed by atoms with van der Waals surface area (Å²) in [7, 11) is 0. The number of pyridine rings is 1. The number of carboxylic acid groups (broad SMARTS) is 1. The summed E-state index contributed by atoms with van der Waals surface area (Å²) >= 11 is 0. The number of benzene rings is 2. The summed E-state index contributed by atoms with van der Waals surface area (Å²) in [5.41, 5.74) is 9.95. The zero-order valence-corrected chi connectivity index (χ0v) is 29.8. The topological polar surface area (TPSA) is 201 Å². The summed E-state index contributed by atoms with van der Waals surface area (Å²) < 4.78 is 37.1. The number of amides is 3. The van der Waals surface area contributed by atoms with Gasteiger partial charge in [-0.1, -0.05) is 30.3 Å². The zero-order valence-electron chi connectivity index (χ0n) is 29.8. The highest BCUT2D eigenvalue weighted by atomic mass is 19.4. The van der Waals surface area contributed by atoms with Crippen LogP contribution in [0.1, 0.15) is 57.7 Å². The highest BCUT2D eigenvalue weighted by molar-refractivity contribution is 6.03. The number of nitrogens with zero attached hydrogens (tertiary/aromatic N) is 2. The monoisotopic (exact) mass is 740 g/mol. The molecule has 2 aromatic carbocycles. The van der Waals surface area contributed by atoms with Crippen LogP contribution in [0.2, 0.25) is 0 Å². The number of hydrogen-bond donors (Lipinski definition) is 5. The summed E-state index contributed by atoms with van der Waals surface area (Å²) in [6, 6.07) is 15.8. The molecule has 1 saturated carbocycles. The molecular formula is C37H43F3N6O7. The van der Waals surface area contributed by atoms with Crippen LogP contribution in [0.5, 0.6) is 0 Å². The molecule has 0 saturated heterocycles. The SMILES string of the molecule is Cc1ncccc1-c1ccc(C[C@@H](C(N)=O)N(c2ccc3c(=O)[nH][nH]c3c2)C(=O)[C@H]2CC[C@H](CNC(=O)OC(C)(C)C)CC2)cc1.O=C(O)C(F)(F)F. The van der Waals surface area contributed by atoms with E-state index in [9.17, 15) is 32.3 Å². The lowest BCUT2D eigenvalue weighted by atomic mass is 9.81. The number of halogens is 3. The van der Waals surface area contributed by atoms with Crippen LogP contribution in [-0.2, 0) is 25.5 Å². The third kappa shape index (κ3) is 10.9. The number of carbonyl (C=O) groups excluding carboxylic acids is 3. The second-order valence-electron chi connectivity index (χ2n) is 13.9. The Labute approximate surface area is 303 Å². The van der Waals surface area contributed by atoms with Crippen molar-refractivity contribution in [2.75, 3.05) is 11.4 Å². The Kier molecular flexibility index (Phi) is 12.7. The van der Waals surface area contributed by atoms with Gasteiger partial charge in [-0.05, 0) is 94.7 Å². The van der Waals surface area contributed by atoms with Gasteiger partial charge in [0.2, 0.25) is 11.8 Å². The largest absolute Gasteiger partial charge is 0.490 e. The first-order chi connectivity index (χ1) is 24.8. The number of rotatable bonds is 9. The fraction of sp³-hybridized carbons (Fsp3) is 0.405. The van der Waals surface area contributed by atoms with Gasteiger partial charge in [0.1, 0.15) is 11.6 Å². The van der Waals surface area contributed by atoms with E-state index in [-0.39, 0.29) is 29.7 Å². The fourth-order valence-electron chi connectivity index (χ4n) is 6.14. The number of nitrogens with one attached hydrogen (secondary N) is 3. The maximum Gasteiger partial charge on any atom is 0.490 e. The Bertz CT molecular complexity index is 1980. The van der Waals surface area contributed by atoms with Crippen LogP contribution in [-0.4, -0.2) is 68.5 Å². The normalized spacial score (nSPS) is 16.5. The Morgan fingerprint density at radius 3 is 2.23 bits per heavy atom. The average Bonchev–Trinajstić information content (AvgIpc) is 3.46. The minimum Gasteiger partial charge on any atom is -0.475 e. The third-order valence-electron chi connectivity index (χ3n) is 8.79. The number of fused-ring (bicyclic) bond motifs is 1. The van der Waals surface area contributed by atoms with Crippen molar-refractivity contribution in [3.05, 3.63) is 82.4 Å². The molecule has 284 valence electrons. The molecule has 0 radical (unpaired) electrons. The van der Waals surface area contributed by atoms with Gasteiger partial charge in [0.15, 0.2) is 0 Å². The number of aromatic nitrogens is 3. The molecule has 3 amide bonds. The van der Waals surface area contributed by atoms with Crippen LogP contribution < -0.4 is 21.5 Å². The number of alkyl halides is 3. The lowest BCUT2D eigenvalue weighted by Gasteiger charge is -2.36. The van der Waals surface area contributed by atoms with Crippen LogP contribution in [0, 0.1) is 18.8 Å². The summed E-state index contributed by atoms with van der Waals surface area (Å²) in [4.78, 5) is 66.5. The van der Waals surface area contributed by atoms with E-state index in [2.05, 4.69) is 20.5 Å². The fourth-order valence-corrected chi connectivity index (χ4v) is 6.14. The number of aromatic amines is 2. The molecule has 53 heavy (non-hydrogen) atoms. The third-order valence-corrected chi connectivity index (χ3v) is 8.79. The molecule has 16 heteroatoms. The zero-order chi connectivity index (χ0) is 39.1. The Hall–Kier alpha value is -5.67. The summed E-state index contributed by atoms with van der Waals surface area (Å²) in [6.07, 6.45) is -0.897. The first-order valence-corrected chi connectivity index (χ1v) is 16.9. The molecule has 0 aliphatic heterocycles. The van der Waals surface area contributed by atoms with Gasteiger partial charge in [-0.3, -0.25) is 34.5 Å². The van der Waals surface area contributed by atoms with Gasteiger partial charge >= 0.3 is 18.2 Å². The molecule has 1 aliphatic rings. The van der Waals surface area contributed by atoms with Gasteiger partial charge in [0, 0.05) is 42.0 Å². The van der Waals surface area contributed by atoms with E-state index >= 15 is 0 Å². The van der Waals surface area contributed by atoms with Crippen molar-refractivity contribution >= 4 is 40.5 Å². The van der Waals surface area contributed by atoms with E-state index in [1.807, 2.05) is 64.1 Å². The van der Waals surface area contributed by atoms with Crippen molar-refractivity contribution in [3.63, 3.8) is 0 Å². The number of aliphatic carboxylic acids is 1. The van der Waals surface area contributed by atoms with Crippen molar-refractivity contribution in [1.82, 2.24) is 20.5 Å². The molecule has 0 unspecified atom stereocenters. The molecular weight excluding hydrogens is 697 g/mol. The molecule has 5 rings (SSSR count). The molecule has 4 aromatic rings. The highest BCUT2D eigenvalue weighted by Gasteiger charge is 2.38. The predicted molar refractivity (Wildman–Crippen MR) is 191 cm³/mol. The Morgan fingerprint density at radius 2 is 1.66 bits per heavy atom. The van der Waals surface area contributed by atoms with Gasteiger partial charge in [0.25, 0.3) is 5.56 Å². The molecule has 1 aliphatic carbocycles.